The highest BCUT2D eigenvalue weighted by molar-refractivity contribution is 5.66. The number of nitrogens with zero attached hydrogens (tertiary/aromatic N) is 4. The molecule has 0 bridgehead atoms. The largest absolute Gasteiger partial charge is 0.302 e. The van der Waals surface area contributed by atoms with Crippen LogP contribution in [0.2, 0.25) is 0 Å². The first kappa shape index (κ1) is 11.4. The topological polar surface area (TPSA) is 60.7 Å². The van der Waals surface area contributed by atoms with E-state index >= 15 is 0 Å². The summed E-state index contributed by atoms with van der Waals surface area (Å²) in [7, 11) is 0. The summed E-state index contributed by atoms with van der Waals surface area (Å²) in [6, 6.07) is 1.83. The molecule has 0 N–H and O–H groups in total. The molecule has 0 saturated heterocycles. The number of hydrogen-bond donors (Lipinski definition) is 0. The van der Waals surface area contributed by atoms with Crippen molar-refractivity contribution in [3.8, 4) is 5.95 Å². The first-order valence-corrected chi connectivity index (χ1v) is 5.34. The Kier molecular flexibility index (Phi) is 2.75. The van der Waals surface area contributed by atoms with Crippen LogP contribution in [0.1, 0.15) is 25.2 Å². The van der Waals surface area contributed by atoms with Crippen molar-refractivity contribution in [1.82, 2.24) is 19.5 Å². The molecule has 0 aliphatic carbocycles. The lowest BCUT2D eigenvalue weighted by Gasteiger charge is -2.17. The summed E-state index contributed by atoms with van der Waals surface area (Å²) in [5.41, 5.74) is 0.931. The molecular weight excluding hydrogens is 216 g/mol. The van der Waals surface area contributed by atoms with Gasteiger partial charge in [-0.15, -0.1) is 0 Å². The first-order chi connectivity index (χ1) is 8.03. The number of carbonyl (C=O) groups excluding carboxylic acids is 1. The van der Waals surface area contributed by atoms with Gasteiger partial charge in [0, 0.05) is 18.1 Å². The van der Waals surface area contributed by atoms with Gasteiger partial charge in [0.1, 0.15) is 12.6 Å². The van der Waals surface area contributed by atoms with Crippen LogP contribution in [0.4, 0.5) is 0 Å². The molecule has 0 radical (unpaired) electrons. The van der Waals surface area contributed by atoms with Crippen LogP contribution in [0.3, 0.4) is 0 Å². The maximum absolute atomic E-state index is 11.1. The molecule has 5 nitrogen and oxygen atoms in total. The van der Waals surface area contributed by atoms with Gasteiger partial charge in [0.15, 0.2) is 0 Å². The number of hydrogen-bond acceptors (Lipinski definition) is 4. The predicted molar refractivity (Wildman–Crippen MR) is 63.0 cm³/mol. The zero-order valence-corrected chi connectivity index (χ0v) is 10.1. The van der Waals surface area contributed by atoms with E-state index in [1.165, 1.54) is 0 Å². The molecule has 17 heavy (non-hydrogen) atoms. The molecule has 0 amide bonds. The summed E-state index contributed by atoms with van der Waals surface area (Å²) in [5, 5.41) is 0. The molecule has 2 heterocycles. The van der Waals surface area contributed by atoms with E-state index in [1.807, 2.05) is 26.8 Å². The number of carbonyl (C=O) groups is 1. The van der Waals surface area contributed by atoms with Crippen LogP contribution in [-0.2, 0) is 10.2 Å². The van der Waals surface area contributed by atoms with Gasteiger partial charge in [0.25, 0.3) is 0 Å². The Morgan fingerprint density at radius 3 is 2.71 bits per heavy atom. The van der Waals surface area contributed by atoms with Crippen LogP contribution in [0.25, 0.3) is 5.95 Å². The molecule has 0 aliphatic heterocycles. The minimum Gasteiger partial charge on any atom is -0.302 e. The Hall–Kier alpha value is -2.04. The fourth-order valence-electron chi connectivity index (χ4n) is 1.44. The second-order valence-electron chi connectivity index (χ2n) is 4.50. The Bertz CT molecular complexity index is 531. The van der Waals surface area contributed by atoms with E-state index < -0.39 is 5.41 Å². The summed E-state index contributed by atoms with van der Waals surface area (Å²) in [4.78, 5) is 23.7. The number of aromatic nitrogens is 4. The second-order valence-corrected chi connectivity index (χ2v) is 4.50. The number of aldehydes is 1. The van der Waals surface area contributed by atoms with Gasteiger partial charge in [-0.1, -0.05) is 0 Å². The number of rotatable bonds is 3. The molecular formula is C12H14N4O. The summed E-state index contributed by atoms with van der Waals surface area (Å²) in [6.07, 6.45) is 5.96. The Labute approximate surface area is 99.6 Å². The van der Waals surface area contributed by atoms with E-state index in [0.717, 1.165) is 12.0 Å². The van der Waals surface area contributed by atoms with Crippen molar-refractivity contribution in [2.75, 3.05) is 0 Å². The van der Waals surface area contributed by atoms with Gasteiger partial charge in [0.05, 0.1) is 11.1 Å². The fraction of sp³-hybridized carbons (Fsp3) is 0.333. The molecule has 5 heteroatoms. The summed E-state index contributed by atoms with van der Waals surface area (Å²) >= 11 is 0. The van der Waals surface area contributed by atoms with Crippen molar-refractivity contribution >= 4 is 6.29 Å². The molecule has 2 rings (SSSR count). The van der Waals surface area contributed by atoms with Gasteiger partial charge in [-0.2, -0.15) is 0 Å². The molecule has 0 atom stereocenters. The van der Waals surface area contributed by atoms with Crippen LogP contribution in [0.15, 0.2) is 24.8 Å². The van der Waals surface area contributed by atoms with E-state index in [9.17, 15) is 4.79 Å². The average Bonchev–Trinajstić information content (AvgIpc) is 2.81. The predicted octanol–water partition coefficient (Wildman–Crippen LogP) is 1.45. The van der Waals surface area contributed by atoms with Gasteiger partial charge in [-0.25, -0.2) is 15.0 Å². The lowest BCUT2D eigenvalue weighted by atomic mass is 9.91. The molecule has 2 aromatic heterocycles. The van der Waals surface area contributed by atoms with Crippen molar-refractivity contribution in [3.63, 3.8) is 0 Å². The molecule has 2 aromatic rings. The lowest BCUT2D eigenvalue weighted by molar-refractivity contribution is -0.111. The van der Waals surface area contributed by atoms with Gasteiger partial charge in [-0.05, 0) is 26.8 Å². The Morgan fingerprint density at radius 2 is 2.12 bits per heavy atom. The van der Waals surface area contributed by atoms with Gasteiger partial charge >= 0.3 is 0 Å². The van der Waals surface area contributed by atoms with E-state index in [0.29, 0.717) is 11.6 Å². The SMILES string of the molecule is Cc1cc(C(C)(C)C=O)nc(-n2ccnc2)n1. The van der Waals surface area contributed by atoms with Crippen LogP contribution in [-0.4, -0.2) is 25.8 Å². The van der Waals surface area contributed by atoms with E-state index in [4.69, 9.17) is 0 Å². The van der Waals surface area contributed by atoms with Crippen molar-refractivity contribution in [2.45, 2.75) is 26.2 Å². The maximum atomic E-state index is 11.1. The number of aryl methyl sites for hydroxylation is 1. The zero-order valence-electron chi connectivity index (χ0n) is 10.1. The van der Waals surface area contributed by atoms with Crippen molar-refractivity contribution in [2.24, 2.45) is 0 Å². The highest BCUT2D eigenvalue weighted by atomic mass is 16.1. The molecule has 0 saturated carbocycles. The maximum Gasteiger partial charge on any atom is 0.235 e. The monoisotopic (exact) mass is 230 g/mol. The second kappa shape index (κ2) is 4.08. The minimum atomic E-state index is -0.608. The molecule has 0 aliphatic rings. The minimum absolute atomic E-state index is 0.535. The summed E-state index contributed by atoms with van der Waals surface area (Å²) in [6.45, 7) is 5.55. The molecule has 0 unspecified atom stereocenters. The molecule has 88 valence electrons. The third kappa shape index (κ3) is 2.22. The van der Waals surface area contributed by atoms with Crippen LogP contribution >= 0.6 is 0 Å². The van der Waals surface area contributed by atoms with Crippen LogP contribution in [0.5, 0.6) is 0 Å². The summed E-state index contributed by atoms with van der Waals surface area (Å²) < 4.78 is 1.72. The lowest BCUT2D eigenvalue weighted by Crippen LogP contribution is -2.22. The Morgan fingerprint density at radius 1 is 1.35 bits per heavy atom. The van der Waals surface area contributed by atoms with Crippen molar-refractivity contribution in [1.29, 1.82) is 0 Å². The van der Waals surface area contributed by atoms with E-state index in [-0.39, 0.29) is 0 Å². The Balaban J connectivity index is 2.54. The van der Waals surface area contributed by atoms with Crippen molar-refractivity contribution < 1.29 is 4.79 Å². The molecule has 0 fully saturated rings. The molecule has 0 aromatic carbocycles. The van der Waals surface area contributed by atoms with Crippen LogP contribution in [0, 0.1) is 6.92 Å². The highest BCUT2D eigenvalue weighted by Crippen LogP contribution is 2.19. The normalized spacial score (nSPS) is 11.5. The standard InChI is InChI=1S/C12H14N4O/c1-9-6-10(12(2,3)7-17)15-11(14-9)16-5-4-13-8-16/h4-8H,1-3H3. The highest BCUT2D eigenvalue weighted by Gasteiger charge is 2.22. The number of imidazole rings is 1. The van der Waals surface area contributed by atoms with E-state index in [1.54, 1.807) is 23.3 Å². The third-order valence-electron chi connectivity index (χ3n) is 2.53. The molecule has 0 spiro atoms. The smallest absolute Gasteiger partial charge is 0.235 e. The average molecular weight is 230 g/mol. The van der Waals surface area contributed by atoms with Gasteiger partial charge in [0.2, 0.25) is 5.95 Å². The van der Waals surface area contributed by atoms with Crippen molar-refractivity contribution in [3.05, 3.63) is 36.2 Å². The van der Waals surface area contributed by atoms with E-state index in [2.05, 4.69) is 15.0 Å². The third-order valence-corrected chi connectivity index (χ3v) is 2.53. The quantitative estimate of drug-likeness (QED) is 0.749. The zero-order chi connectivity index (χ0) is 12.5. The summed E-state index contributed by atoms with van der Waals surface area (Å²) in [5.74, 6) is 0.535. The van der Waals surface area contributed by atoms with Gasteiger partial charge in [-0.3, -0.25) is 4.57 Å². The first-order valence-electron chi connectivity index (χ1n) is 5.34. The van der Waals surface area contributed by atoms with Gasteiger partial charge < -0.3 is 4.79 Å². The fourth-order valence-corrected chi connectivity index (χ4v) is 1.44. The van der Waals surface area contributed by atoms with Crippen LogP contribution < -0.4 is 0 Å².